The summed E-state index contributed by atoms with van der Waals surface area (Å²) in [6.07, 6.45) is 0. The number of benzene rings is 2. The van der Waals surface area contributed by atoms with E-state index in [0.717, 1.165) is 5.56 Å². The van der Waals surface area contributed by atoms with Crippen LogP contribution in [0.15, 0.2) is 36.4 Å². The first-order valence-electron chi connectivity index (χ1n) is 6.16. The van der Waals surface area contributed by atoms with Crippen molar-refractivity contribution in [3.8, 4) is 17.6 Å². The Bertz CT molecular complexity index is 707. The second kappa shape index (κ2) is 7.33. The molecule has 0 heterocycles. The second-order valence-corrected chi connectivity index (χ2v) is 4.93. The molecular formula is C16H12Cl2FNO. The van der Waals surface area contributed by atoms with Crippen molar-refractivity contribution >= 4 is 23.2 Å². The molecule has 0 aliphatic carbocycles. The molecule has 2 rings (SSSR count). The van der Waals surface area contributed by atoms with Crippen molar-refractivity contribution in [3.63, 3.8) is 0 Å². The molecule has 2 N–H and O–H groups in total. The molecule has 2 aromatic carbocycles. The van der Waals surface area contributed by atoms with E-state index in [-0.39, 0.29) is 18.7 Å². The first kappa shape index (κ1) is 15.7. The van der Waals surface area contributed by atoms with E-state index >= 15 is 0 Å². The van der Waals surface area contributed by atoms with Gasteiger partial charge in [-0.2, -0.15) is 0 Å². The maximum absolute atomic E-state index is 13.8. The van der Waals surface area contributed by atoms with Gasteiger partial charge in [0.15, 0.2) is 0 Å². The molecule has 0 aliphatic heterocycles. The van der Waals surface area contributed by atoms with Crippen molar-refractivity contribution in [1.82, 2.24) is 0 Å². The van der Waals surface area contributed by atoms with Crippen LogP contribution >= 0.6 is 23.2 Å². The Kier molecular flexibility index (Phi) is 5.46. The number of hydrogen-bond donors (Lipinski definition) is 1. The van der Waals surface area contributed by atoms with Crippen molar-refractivity contribution in [2.24, 2.45) is 5.73 Å². The van der Waals surface area contributed by atoms with Gasteiger partial charge in [-0.15, -0.1) is 0 Å². The number of halogens is 3. The van der Waals surface area contributed by atoms with Gasteiger partial charge in [0.05, 0.1) is 22.2 Å². The lowest BCUT2D eigenvalue weighted by Crippen LogP contribution is -1.98. The summed E-state index contributed by atoms with van der Waals surface area (Å²) in [6.45, 7) is 0.387. The smallest absolute Gasteiger partial charge is 0.142 e. The van der Waals surface area contributed by atoms with Crippen LogP contribution < -0.4 is 10.5 Å². The van der Waals surface area contributed by atoms with Gasteiger partial charge in [0, 0.05) is 11.6 Å². The third-order valence-corrected chi connectivity index (χ3v) is 3.55. The predicted octanol–water partition coefficient (Wildman–Crippen LogP) is 4.02. The molecule has 0 bridgehead atoms. The van der Waals surface area contributed by atoms with E-state index in [1.54, 1.807) is 30.3 Å². The first-order chi connectivity index (χ1) is 10.1. The molecule has 0 atom stereocenters. The average Bonchev–Trinajstić information content (AvgIpc) is 2.48. The molecule has 0 fully saturated rings. The summed E-state index contributed by atoms with van der Waals surface area (Å²) in [5.74, 6) is 5.18. The highest BCUT2D eigenvalue weighted by atomic mass is 35.5. The van der Waals surface area contributed by atoms with Gasteiger partial charge in [-0.05, 0) is 18.2 Å². The van der Waals surface area contributed by atoms with E-state index in [2.05, 4.69) is 11.8 Å². The topological polar surface area (TPSA) is 35.2 Å². The lowest BCUT2D eigenvalue weighted by Gasteiger charge is -2.09. The Hall–Kier alpha value is -1.73. The van der Waals surface area contributed by atoms with Crippen molar-refractivity contribution in [1.29, 1.82) is 0 Å². The Morgan fingerprint density at radius 2 is 2.00 bits per heavy atom. The monoisotopic (exact) mass is 323 g/mol. The lowest BCUT2D eigenvalue weighted by atomic mass is 10.2. The molecule has 0 saturated carbocycles. The van der Waals surface area contributed by atoms with Gasteiger partial charge >= 0.3 is 0 Å². The van der Waals surface area contributed by atoms with Crippen LogP contribution in [0.5, 0.6) is 5.75 Å². The van der Waals surface area contributed by atoms with E-state index in [9.17, 15) is 4.39 Å². The Labute approximate surface area is 132 Å². The number of hydrogen-bond acceptors (Lipinski definition) is 2. The van der Waals surface area contributed by atoms with Gasteiger partial charge in [0.2, 0.25) is 0 Å². The van der Waals surface area contributed by atoms with Crippen LogP contribution in [0.2, 0.25) is 10.0 Å². The molecule has 2 aromatic rings. The zero-order valence-electron chi connectivity index (χ0n) is 11.0. The van der Waals surface area contributed by atoms with Gasteiger partial charge in [0.1, 0.15) is 18.2 Å². The molecule has 0 aromatic heterocycles. The van der Waals surface area contributed by atoms with E-state index in [1.165, 1.54) is 6.07 Å². The van der Waals surface area contributed by atoms with E-state index < -0.39 is 5.82 Å². The quantitative estimate of drug-likeness (QED) is 0.866. The minimum Gasteiger partial charge on any atom is -0.489 e. The zero-order chi connectivity index (χ0) is 15.2. The fourth-order valence-electron chi connectivity index (χ4n) is 1.65. The van der Waals surface area contributed by atoms with Gasteiger partial charge in [-0.3, -0.25) is 0 Å². The average molecular weight is 324 g/mol. The van der Waals surface area contributed by atoms with Crippen LogP contribution in [-0.4, -0.2) is 6.54 Å². The maximum Gasteiger partial charge on any atom is 0.142 e. The van der Waals surface area contributed by atoms with Crippen LogP contribution in [0.25, 0.3) is 0 Å². The normalized spacial score (nSPS) is 9.90. The van der Waals surface area contributed by atoms with E-state index in [4.69, 9.17) is 33.7 Å². The highest BCUT2D eigenvalue weighted by Crippen LogP contribution is 2.26. The lowest BCUT2D eigenvalue weighted by molar-refractivity contribution is 0.304. The molecular weight excluding hydrogens is 312 g/mol. The minimum absolute atomic E-state index is 0.185. The highest BCUT2D eigenvalue weighted by molar-refractivity contribution is 6.42. The standard InChI is InChI=1S/C16H12Cl2FNO/c17-14-5-1-3-12(16(14)18)10-21-13-7-6-11(4-2-8-20)15(19)9-13/h1,3,5-7,9H,8,10,20H2. The first-order valence-corrected chi connectivity index (χ1v) is 6.91. The molecule has 0 aliphatic rings. The Morgan fingerprint density at radius 1 is 1.19 bits per heavy atom. The maximum atomic E-state index is 13.8. The molecule has 5 heteroatoms. The SMILES string of the molecule is NCC#Cc1ccc(OCc2cccc(Cl)c2Cl)cc1F. The summed E-state index contributed by atoms with van der Waals surface area (Å²) in [7, 11) is 0. The summed E-state index contributed by atoms with van der Waals surface area (Å²) in [4.78, 5) is 0. The summed E-state index contributed by atoms with van der Waals surface area (Å²) in [5, 5.41) is 0.890. The van der Waals surface area contributed by atoms with Gasteiger partial charge in [0.25, 0.3) is 0 Å². The predicted molar refractivity (Wildman–Crippen MR) is 83.1 cm³/mol. The molecule has 108 valence electrons. The molecule has 0 saturated heterocycles. The highest BCUT2D eigenvalue weighted by Gasteiger charge is 2.06. The summed E-state index contributed by atoms with van der Waals surface area (Å²) >= 11 is 12.0. The van der Waals surface area contributed by atoms with Gasteiger partial charge < -0.3 is 10.5 Å². The third kappa shape index (κ3) is 4.12. The Morgan fingerprint density at radius 3 is 2.71 bits per heavy atom. The van der Waals surface area contributed by atoms with Crippen molar-refractivity contribution in [2.75, 3.05) is 6.54 Å². The number of rotatable bonds is 3. The van der Waals surface area contributed by atoms with Crippen LogP contribution in [0, 0.1) is 17.7 Å². The van der Waals surface area contributed by atoms with Crippen molar-refractivity contribution in [3.05, 3.63) is 63.4 Å². The van der Waals surface area contributed by atoms with Gasteiger partial charge in [-0.25, -0.2) is 4.39 Å². The molecule has 0 radical (unpaired) electrons. The molecule has 2 nitrogen and oxygen atoms in total. The second-order valence-electron chi connectivity index (χ2n) is 4.15. The summed E-state index contributed by atoms with van der Waals surface area (Å²) in [5.41, 5.74) is 6.27. The summed E-state index contributed by atoms with van der Waals surface area (Å²) in [6, 6.07) is 9.73. The van der Waals surface area contributed by atoms with E-state index in [1.807, 2.05) is 0 Å². The fraction of sp³-hybridized carbons (Fsp3) is 0.125. The molecule has 0 spiro atoms. The van der Waals surface area contributed by atoms with Crippen LogP contribution in [-0.2, 0) is 6.61 Å². The van der Waals surface area contributed by atoms with Crippen LogP contribution in [0.3, 0.4) is 0 Å². The number of ether oxygens (including phenoxy) is 1. The largest absolute Gasteiger partial charge is 0.489 e. The number of nitrogens with two attached hydrogens (primary N) is 1. The minimum atomic E-state index is -0.453. The van der Waals surface area contributed by atoms with Crippen LogP contribution in [0.4, 0.5) is 4.39 Å². The molecule has 0 amide bonds. The Balaban J connectivity index is 2.10. The van der Waals surface area contributed by atoms with Gasteiger partial charge in [-0.1, -0.05) is 47.2 Å². The molecule has 21 heavy (non-hydrogen) atoms. The van der Waals surface area contributed by atoms with Crippen molar-refractivity contribution in [2.45, 2.75) is 6.61 Å². The van der Waals surface area contributed by atoms with Crippen molar-refractivity contribution < 1.29 is 9.13 Å². The van der Waals surface area contributed by atoms with E-state index in [0.29, 0.717) is 15.8 Å². The summed E-state index contributed by atoms with van der Waals surface area (Å²) < 4.78 is 19.3. The fourth-order valence-corrected chi connectivity index (χ4v) is 2.03. The zero-order valence-corrected chi connectivity index (χ0v) is 12.5. The third-order valence-electron chi connectivity index (χ3n) is 2.69. The molecule has 0 unspecified atom stereocenters. The van der Waals surface area contributed by atoms with Crippen LogP contribution in [0.1, 0.15) is 11.1 Å².